The Balaban J connectivity index is 0.894. The number of nitrogens with zero attached hydrogens (tertiary/aromatic N) is 2. The molecule has 2 saturated heterocycles. The predicted octanol–water partition coefficient (Wildman–Crippen LogP) is 6.80. The van der Waals surface area contributed by atoms with Gasteiger partial charge in [0.15, 0.2) is 0 Å². The summed E-state index contributed by atoms with van der Waals surface area (Å²) < 4.78 is 0. The minimum atomic E-state index is 0.345. The number of rotatable bonds is 5. The first-order valence-electron chi connectivity index (χ1n) is 16.0. The molecule has 0 aromatic rings. The molecule has 2 fully saturated rings. The third-order valence-electron chi connectivity index (χ3n) is 10.6. The molecule has 6 aliphatic carbocycles. The summed E-state index contributed by atoms with van der Waals surface area (Å²) in [5.74, 6) is 0.551. The van der Waals surface area contributed by atoms with Gasteiger partial charge in [0.25, 0.3) is 0 Å². The zero-order valence-corrected chi connectivity index (χ0v) is 24.9. The average molecular weight is 555 g/mol. The minimum absolute atomic E-state index is 0.345. The SMILES string of the molecule is CN1C2=CC(NC3=CC=C(C4=CC=CC(NC5=CC=C6C7=CC=CCC7N(C)C6C5)C4)CC3)CC=C2C2CC=CC=C21. The lowest BCUT2D eigenvalue weighted by Crippen LogP contribution is -2.37. The quantitative estimate of drug-likeness (QED) is 0.392. The van der Waals surface area contributed by atoms with E-state index < -0.39 is 0 Å². The molecule has 8 aliphatic rings. The first kappa shape index (κ1) is 25.9. The summed E-state index contributed by atoms with van der Waals surface area (Å²) in [6.45, 7) is 0. The fourth-order valence-corrected chi connectivity index (χ4v) is 8.30. The van der Waals surface area contributed by atoms with Gasteiger partial charge in [-0.1, -0.05) is 66.8 Å². The van der Waals surface area contributed by atoms with Crippen molar-refractivity contribution in [3.63, 3.8) is 0 Å². The van der Waals surface area contributed by atoms with Crippen molar-refractivity contribution < 1.29 is 0 Å². The van der Waals surface area contributed by atoms with Crippen molar-refractivity contribution in [3.8, 4) is 0 Å². The molecule has 5 atom stereocenters. The van der Waals surface area contributed by atoms with E-state index in [1.165, 1.54) is 50.7 Å². The molecule has 4 nitrogen and oxygen atoms in total. The second-order valence-electron chi connectivity index (χ2n) is 13.0. The zero-order chi connectivity index (χ0) is 28.2. The maximum absolute atomic E-state index is 3.89. The third kappa shape index (κ3) is 4.48. The molecule has 2 heterocycles. The molecule has 0 saturated carbocycles. The van der Waals surface area contributed by atoms with Gasteiger partial charge in [0, 0.05) is 66.3 Å². The number of likely N-dealkylation sites (tertiary alicyclic amines) is 2. The fraction of sp³-hybridized carbons (Fsp3) is 0.368. The standard InChI is InChI=1S/C38H42N4/c1-41-35-12-5-3-10-31(35)33-20-18-29(23-37(33)41)39-27-16-14-25(15-17-27)26-8-7-9-28(22-26)40-30-19-21-34-32-11-4-6-13-36(32)42(2)38(34)24-30/h3-9,11-12,14,16,19-21,23,28-29,31,36,38-40H,10,13,15,17-18,22,24H2,1-2H3. The van der Waals surface area contributed by atoms with Crippen LogP contribution in [0.1, 0.15) is 44.9 Å². The topological polar surface area (TPSA) is 30.5 Å². The van der Waals surface area contributed by atoms with Gasteiger partial charge in [0.1, 0.15) is 0 Å². The van der Waals surface area contributed by atoms with Crippen LogP contribution in [0.5, 0.6) is 0 Å². The molecule has 0 radical (unpaired) electrons. The van der Waals surface area contributed by atoms with Crippen molar-refractivity contribution in [1.82, 2.24) is 20.4 Å². The smallest absolute Gasteiger partial charge is 0.0499 e. The molecule has 0 aromatic heterocycles. The first-order valence-corrected chi connectivity index (χ1v) is 16.0. The normalized spacial score (nSPS) is 33.0. The van der Waals surface area contributed by atoms with Crippen molar-refractivity contribution in [2.45, 2.75) is 69.1 Å². The fourth-order valence-electron chi connectivity index (χ4n) is 8.30. The lowest BCUT2D eigenvalue weighted by Gasteiger charge is -2.30. The van der Waals surface area contributed by atoms with Crippen LogP contribution < -0.4 is 10.6 Å². The van der Waals surface area contributed by atoms with Gasteiger partial charge in [-0.2, -0.15) is 0 Å². The van der Waals surface area contributed by atoms with E-state index in [-0.39, 0.29) is 0 Å². The number of hydrogen-bond acceptors (Lipinski definition) is 4. The molecule has 0 spiro atoms. The van der Waals surface area contributed by atoms with E-state index in [9.17, 15) is 0 Å². The van der Waals surface area contributed by atoms with Gasteiger partial charge < -0.3 is 15.5 Å². The molecule has 8 rings (SSSR count). The van der Waals surface area contributed by atoms with Crippen LogP contribution in [0.3, 0.4) is 0 Å². The predicted molar refractivity (Wildman–Crippen MR) is 173 cm³/mol. The highest BCUT2D eigenvalue weighted by molar-refractivity contribution is 5.53. The van der Waals surface area contributed by atoms with E-state index in [2.05, 4.69) is 126 Å². The molecule has 2 aliphatic heterocycles. The molecule has 4 heteroatoms. The van der Waals surface area contributed by atoms with Crippen LogP contribution in [0.25, 0.3) is 0 Å². The number of hydrogen-bond donors (Lipinski definition) is 2. The van der Waals surface area contributed by atoms with Crippen LogP contribution >= 0.6 is 0 Å². The van der Waals surface area contributed by atoms with E-state index in [4.69, 9.17) is 0 Å². The van der Waals surface area contributed by atoms with E-state index in [1.807, 2.05) is 0 Å². The van der Waals surface area contributed by atoms with Gasteiger partial charge in [-0.3, -0.25) is 4.90 Å². The van der Waals surface area contributed by atoms with Gasteiger partial charge in [-0.25, -0.2) is 0 Å². The van der Waals surface area contributed by atoms with Crippen LogP contribution in [-0.4, -0.2) is 48.1 Å². The summed E-state index contributed by atoms with van der Waals surface area (Å²) in [5, 5.41) is 7.76. The van der Waals surface area contributed by atoms with Crippen LogP contribution in [0.15, 0.2) is 142 Å². The summed E-state index contributed by atoms with van der Waals surface area (Å²) in [5.41, 5.74) is 13.1. The lowest BCUT2D eigenvalue weighted by molar-refractivity contribution is 0.256. The Morgan fingerprint density at radius 2 is 1.50 bits per heavy atom. The van der Waals surface area contributed by atoms with Crippen molar-refractivity contribution in [2.75, 3.05) is 14.1 Å². The number of allylic oxidation sites excluding steroid dienone is 15. The first-order chi connectivity index (χ1) is 20.6. The molecular weight excluding hydrogens is 512 g/mol. The number of nitrogens with one attached hydrogen (secondary N) is 2. The molecule has 214 valence electrons. The molecule has 2 N–H and O–H groups in total. The van der Waals surface area contributed by atoms with Crippen molar-refractivity contribution in [2.24, 2.45) is 5.92 Å². The Hall–Kier alpha value is -3.76. The van der Waals surface area contributed by atoms with Gasteiger partial charge in [-0.15, -0.1) is 0 Å². The van der Waals surface area contributed by atoms with E-state index in [0.29, 0.717) is 30.1 Å². The molecule has 42 heavy (non-hydrogen) atoms. The van der Waals surface area contributed by atoms with Gasteiger partial charge >= 0.3 is 0 Å². The van der Waals surface area contributed by atoms with E-state index in [1.54, 1.807) is 0 Å². The van der Waals surface area contributed by atoms with Crippen LogP contribution in [0.4, 0.5) is 0 Å². The monoisotopic (exact) mass is 554 g/mol. The molecule has 0 amide bonds. The largest absolute Gasteiger partial charge is 0.382 e. The second-order valence-corrected chi connectivity index (χ2v) is 13.0. The summed E-state index contributed by atoms with van der Waals surface area (Å²) in [7, 11) is 4.52. The summed E-state index contributed by atoms with van der Waals surface area (Å²) in [6, 6.07) is 1.74. The van der Waals surface area contributed by atoms with Crippen LogP contribution in [0, 0.1) is 5.92 Å². The maximum Gasteiger partial charge on any atom is 0.0499 e. The van der Waals surface area contributed by atoms with Crippen molar-refractivity contribution in [3.05, 3.63) is 142 Å². The zero-order valence-electron chi connectivity index (χ0n) is 24.9. The molecule has 0 bridgehead atoms. The van der Waals surface area contributed by atoms with Crippen molar-refractivity contribution in [1.29, 1.82) is 0 Å². The average Bonchev–Trinajstić information content (AvgIpc) is 3.48. The molecule has 5 unspecified atom stereocenters. The van der Waals surface area contributed by atoms with Crippen molar-refractivity contribution >= 4 is 0 Å². The highest BCUT2D eigenvalue weighted by Gasteiger charge is 2.40. The third-order valence-corrected chi connectivity index (χ3v) is 10.6. The Labute approximate surface area is 251 Å². The Kier molecular flexibility index (Phi) is 6.48. The highest BCUT2D eigenvalue weighted by Crippen LogP contribution is 2.45. The maximum atomic E-state index is 3.89. The number of fused-ring (bicyclic) bond motifs is 6. The molecular formula is C38H42N4. The van der Waals surface area contributed by atoms with E-state index in [0.717, 1.165) is 44.9 Å². The number of likely N-dealkylation sites (N-methyl/N-ethyl adjacent to an activating group) is 2. The minimum Gasteiger partial charge on any atom is -0.382 e. The lowest BCUT2D eigenvalue weighted by atomic mass is 9.87. The summed E-state index contributed by atoms with van der Waals surface area (Å²) in [6.07, 6.45) is 42.5. The van der Waals surface area contributed by atoms with Gasteiger partial charge in [0.2, 0.25) is 0 Å². The highest BCUT2D eigenvalue weighted by atomic mass is 15.2. The second kappa shape index (κ2) is 10.5. The Morgan fingerprint density at radius 1 is 0.667 bits per heavy atom. The van der Waals surface area contributed by atoms with Crippen LogP contribution in [-0.2, 0) is 0 Å². The Morgan fingerprint density at radius 3 is 2.40 bits per heavy atom. The summed E-state index contributed by atoms with van der Waals surface area (Å²) >= 11 is 0. The summed E-state index contributed by atoms with van der Waals surface area (Å²) in [4.78, 5) is 4.98. The van der Waals surface area contributed by atoms with Crippen LogP contribution in [0.2, 0.25) is 0 Å². The van der Waals surface area contributed by atoms with Gasteiger partial charge in [-0.05, 0) is 97.7 Å². The molecule has 0 aromatic carbocycles. The van der Waals surface area contributed by atoms with Gasteiger partial charge in [0.05, 0.1) is 0 Å². The Bertz CT molecular complexity index is 1560. The van der Waals surface area contributed by atoms with E-state index >= 15 is 0 Å².